The first-order valence-electron chi connectivity index (χ1n) is 7.17. The van der Waals surface area contributed by atoms with Gasteiger partial charge in [0.05, 0.1) is 11.6 Å². The lowest BCUT2D eigenvalue weighted by Crippen LogP contribution is -2.17. The minimum Gasteiger partial charge on any atom is -0.359 e. The van der Waals surface area contributed by atoms with Crippen LogP contribution < -0.4 is 5.64 Å². The van der Waals surface area contributed by atoms with Crippen LogP contribution in [-0.4, -0.2) is 14.7 Å². The molecular weight excluding hydrogens is 266 g/mol. The molecule has 22 heavy (non-hydrogen) atoms. The fourth-order valence-corrected chi connectivity index (χ4v) is 1.80. The van der Waals surface area contributed by atoms with E-state index in [0.29, 0.717) is 5.56 Å². The second-order valence-electron chi connectivity index (χ2n) is 4.82. The molecule has 4 heteroatoms. The first-order valence-corrected chi connectivity index (χ1v) is 7.17. The van der Waals surface area contributed by atoms with E-state index >= 15 is 0 Å². The maximum atomic E-state index is 8.72. The molecule has 0 aromatic heterocycles. The van der Waals surface area contributed by atoms with Crippen molar-refractivity contribution in [1.29, 1.82) is 5.26 Å². The fourth-order valence-electron chi connectivity index (χ4n) is 1.80. The Morgan fingerprint density at radius 1 is 1.05 bits per heavy atom. The molecule has 2 aromatic rings. The predicted octanol–water partition coefficient (Wildman–Crippen LogP) is 3.02. The van der Waals surface area contributed by atoms with E-state index in [4.69, 9.17) is 18.8 Å². The van der Waals surface area contributed by atoms with Gasteiger partial charge in [0.2, 0.25) is 0 Å². The summed E-state index contributed by atoms with van der Waals surface area (Å²) in [7, 11) is 4.79. The van der Waals surface area contributed by atoms with Crippen LogP contribution >= 0.6 is 0 Å². The standard InChI is InChI=1S/C15H13N.C3H5B2N/c1-2-12-3-7-14(8-4-12)15-9-5-13(11-16)6-10-15;1-5(6)3-2-4/h3-10H,2H2,1H3;6H2,1H3. The number of rotatable bonds is 2. The molecule has 2 N–H and O–H groups in total. The highest BCUT2D eigenvalue weighted by Crippen LogP contribution is 2.20. The second kappa shape index (κ2) is 9.50. The zero-order valence-electron chi connectivity index (χ0n) is 13.0. The Morgan fingerprint density at radius 3 is 1.86 bits per heavy atom. The van der Waals surface area contributed by atoms with Gasteiger partial charge in [0.25, 0.3) is 0 Å². The van der Waals surface area contributed by atoms with Gasteiger partial charge in [-0.15, -0.1) is 5.82 Å². The molecule has 0 saturated carbocycles. The van der Waals surface area contributed by atoms with Crippen LogP contribution in [0, 0.1) is 23.0 Å². The number of aryl methyl sites for hydroxylation is 1. The van der Waals surface area contributed by atoms with Gasteiger partial charge in [-0.1, -0.05) is 50.1 Å². The fraction of sp³-hybridized carbons (Fsp3) is 0.167. The first kappa shape index (κ1) is 17.6. The van der Waals surface area contributed by atoms with Gasteiger partial charge in [-0.05, 0) is 35.2 Å². The summed E-state index contributed by atoms with van der Waals surface area (Å²) in [5.74, 6) is 4.71. The number of hydrogen-bond donors (Lipinski definition) is 1. The van der Waals surface area contributed by atoms with E-state index < -0.39 is 0 Å². The molecular formula is C18H18B2N2. The van der Waals surface area contributed by atoms with Gasteiger partial charge in [0, 0.05) is 0 Å². The van der Waals surface area contributed by atoms with E-state index in [2.05, 4.69) is 48.9 Å². The molecule has 2 nitrogen and oxygen atoms in total. The monoisotopic (exact) mass is 284 g/mol. The van der Waals surface area contributed by atoms with Gasteiger partial charge < -0.3 is 5.64 Å². The average Bonchev–Trinajstić information content (AvgIpc) is 2.55. The van der Waals surface area contributed by atoms with Gasteiger partial charge in [0.15, 0.2) is 7.85 Å². The van der Waals surface area contributed by atoms with Gasteiger partial charge >= 0.3 is 6.85 Å². The van der Waals surface area contributed by atoms with Crippen molar-refractivity contribution in [2.75, 3.05) is 0 Å². The Morgan fingerprint density at radius 2 is 1.55 bits per heavy atom. The van der Waals surface area contributed by atoms with Crippen molar-refractivity contribution in [3.05, 3.63) is 59.7 Å². The number of nitrogens with two attached hydrogens (primary N) is 1. The summed E-state index contributed by atoms with van der Waals surface area (Å²) in [6.45, 7) is 3.84. The third kappa shape index (κ3) is 5.92. The molecule has 2 radical (unpaired) electrons. The van der Waals surface area contributed by atoms with E-state index in [1.54, 1.807) is 6.82 Å². The van der Waals surface area contributed by atoms with E-state index in [9.17, 15) is 0 Å². The summed E-state index contributed by atoms with van der Waals surface area (Å²) in [5, 5.41) is 8.72. The molecule has 0 aliphatic rings. The van der Waals surface area contributed by atoms with Crippen molar-refractivity contribution in [3.63, 3.8) is 0 Å². The van der Waals surface area contributed by atoms with Crippen LogP contribution in [-0.2, 0) is 6.42 Å². The molecule has 0 heterocycles. The number of nitriles is 1. The Kier molecular flexibility index (Phi) is 7.62. The third-order valence-electron chi connectivity index (χ3n) is 3.02. The molecule has 0 aliphatic heterocycles. The Balaban J connectivity index is 0.000000346. The van der Waals surface area contributed by atoms with E-state index in [-0.39, 0.29) is 6.85 Å². The Bertz CT molecular complexity index is 672. The Labute approximate surface area is 134 Å². The summed E-state index contributed by atoms with van der Waals surface area (Å²) in [6, 6.07) is 18.3. The molecule has 0 amide bonds. The predicted molar refractivity (Wildman–Crippen MR) is 95.3 cm³/mol. The topological polar surface area (TPSA) is 49.8 Å². The number of nitrogens with zero attached hydrogens (tertiary/aromatic N) is 1. The minimum absolute atomic E-state index is 0.0880. The molecule has 106 valence electrons. The van der Waals surface area contributed by atoms with Gasteiger partial charge in [-0.3, -0.25) is 0 Å². The lowest BCUT2D eigenvalue weighted by Gasteiger charge is -2.03. The summed E-state index contributed by atoms with van der Waals surface area (Å²) in [5.41, 5.74) is 9.55. The van der Waals surface area contributed by atoms with E-state index in [1.165, 1.54) is 11.1 Å². The molecule has 0 fully saturated rings. The summed E-state index contributed by atoms with van der Waals surface area (Å²) < 4.78 is 0. The molecule has 2 rings (SSSR count). The zero-order valence-corrected chi connectivity index (χ0v) is 13.0. The molecule has 0 aliphatic carbocycles. The summed E-state index contributed by atoms with van der Waals surface area (Å²) >= 11 is 0. The van der Waals surface area contributed by atoms with Gasteiger partial charge in [-0.25, -0.2) is 0 Å². The van der Waals surface area contributed by atoms with Crippen LogP contribution in [0.5, 0.6) is 0 Å². The molecule has 0 saturated heterocycles. The lowest BCUT2D eigenvalue weighted by molar-refractivity contribution is 1.14. The van der Waals surface area contributed by atoms with Crippen molar-refractivity contribution < 1.29 is 0 Å². The lowest BCUT2D eigenvalue weighted by atomic mass is 9.68. The smallest absolute Gasteiger partial charge is 0.301 e. The highest BCUT2D eigenvalue weighted by Gasteiger charge is 1.97. The highest BCUT2D eigenvalue weighted by atomic mass is 14.4. The third-order valence-corrected chi connectivity index (χ3v) is 3.02. The maximum Gasteiger partial charge on any atom is 0.301 e. The maximum absolute atomic E-state index is 8.72. The number of benzene rings is 2. The number of hydrogen-bond acceptors (Lipinski definition) is 2. The van der Waals surface area contributed by atoms with Gasteiger partial charge in [0.1, 0.15) is 0 Å². The van der Waals surface area contributed by atoms with Crippen molar-refractivity contribution >= 4 is 14.7 Å². The average molecular weight is 284 g/mol. The molecule has 0 unspecified atom stereocenters. The van der Waals surface area contributed by atoms with Crippen LogP contribution in [0.15, 0.2) is 48.5 Å². The second-order valence-corrected chi connectivity index (χ2v) is 4.82. The zero-order chi connectivity index (χ0) is 16.4. The molecule has 0 spiro atoms. The van der Waals surface area contributed by atoms with Crippen molar-refractivity contribution in [1.82, 2.24) is 0 Å². The quantitative estimate of drug-likeness (QED) is 0.680. The van der Waals surface area contributed by atoms with Crippen LogP contribution in [0.1, 0.15) is 18.1 Å². The minimum atomic E-state index is -0.0880. The Hall–Kier alpha value is -2.42. The largest absolute Gasteiger partial charge is 0.359 e. The van der Waals surface area contributed by atoms with Crippen molar-refractivity contribution in [3.8, 4) is 28.8 Å². The molecule has 0 atom stereocenters. The first-order chi connectivity index (χ1) is 10.6. The highest BCUT2D eigenvalue weighted by molar-refractivity contribution is 6.63. The van der Waals surface area contributed by atoms with Crippen molar-refractivity contribution in [2.24, 2.45) is 5.64 Å². The van der Waals surface area contributed by atoms with Crippen LogP contribution in [0.25, 0.3) is 11.1 Å². The van der Waals surface area contributed by atoms with Crippen molar-refractivity contribution in [2.45, 2.75) is 20.2 Å². The van der Waals surface area contributed by atoms with Crippen LogP contribution in [0.4, 0.5) is 0 Å². The SMILES string of the molecule is CCc1ccc(-c2ccc(C#N)cc2)cc1.[B]C#CB(C)N. The van der Waals surface area contributed by atoms with Crippen LogP contribution in [0.2, 0.25) is 6.82 Å². The van der Waals surface area contributed by atoms with Gasteiger partial charge in [-0.2, -0.15) is 11.1 Å². The normalized spacial score (nSPS) is 8.64. The van der Waals surface area contributed by atoms with Crippen LogP contribution in [0.3, 0.4) is 0 Å². The van der Waals surface area contributed by atoms with E-state index in [0.717, 1.165) is 12.0 Å². The summed E-state index contributed by atoms with van der Waals surface area (Å²) in [4.78, 5) is 0. The van der Waals surface area contributed by atoms with E-state index in [1.807, 2.05) is 24.3 Å². The molecule has 2 aromatic carbocycles. The molecule has 0 bridgehead atoms. The summed E-state index contributed by atoms with van der Waals surface area (Å²) in [6.07, 6.45) is 1.06.